The zero-order valence-electron chi connectivity index (χ0n) is 13.1. The maximum absolute atomic E-state index is 13.0. The fourth-order valence-corrected chi connectivity index (χ4v) is 3.55. The van der Waals surface area contributed by atoms with Crippen LogP contribution in [0.1, 0.15) is 52.4 Å². The summed E-state index contributed by atoms with van der Waals surface area (Å²) in [4.78, 5) is 14.7. The number of nitrogens with zero attached hydrogens (tertiary/aromatic N) is 2. The summed E-state index contributed by atoms with van der Waals surface area (Å²) in [6.07, 6.45) is 5.04. The van der Waals surface area contributed by atoms with E-state index in [-0.39, 0.29) is 18.6 Å². The lowest BCUT2D eigenvalue weighted by atomic mass is 9.80. The molecule has 1 saturated heterocycles. The molecule has 1 amide bonds. The van der Waals surface area contributed by atoms with Gasteiger partial charge in [-0.2, -0.15) is 5.26 Å². The van der Waals surface area contributed by atoms with Crippen LogP contribution in [0.25, 0.3) is 0 Å². The molecular formula is C16H26N2O3. The molecule has 0 radical (unpaired) electrons. The minimum Gasteiger partial charge on any atom is -0.394 e. The fourth-order valence-electron chi connectivity index (χ4n) is 3.55. The summed E-state index contributed by atoms with van der Waals surface area (Å²) in [6, 6.07) is 2.32. The van der Waals surface area contributed by atoms with Crippen LogP contribution in [0, 0.1) is 16.7 Å². The van der Waals surface area contributed by atoms with Gasteiger partial charge in [0.25, 0.3) is 0 Å². The Labute approximate surface area is 126 Å². The second-order valence-corrected chi connectivity index (χ2v) is 6.98. The van der Waals surface area contributed by atoms with Crippen molar-refractivity contribution < 1.29 is 14.6 Å². The van der Waals surface area contributed by atoms with Gasteiger partial charge in [-0.25, -0.2) is 0 Å². The zero-order chi connectivity index (χ0) is 15.5. The van der Waals surface area contributed by atoms with Gasteiger partial charge in [0.05, 0.1) is 24.4 Å². The normalized spacial score (nSPS) is 28.5. The van der Waals surface area contributed by atoms with Crippen LogP contribution in [0.15, 0.2) is 0 Å². The molecule has 1 N–H and O–H groups in total. The molecule has 2 rings (SSSR count). The SMILES string of the molecule is CC1(C)CN(C(=O)C2(C#N)CCCCCC2)CC(CO)O1. The molecule has 1 unspecified atom stereocenters. The number of amides is 1. The molecule has 1 aliphatic carbocycles. The number of morpholine rings is 1. The van der Waals surface area contributed by atoms with Crippen molar-refractivity contribution in [1.29, 1.82) is 5.26 Å². The van der Waals surface area contributed by atoms with Gasteiger partial charge >= 0.3 is 0 Å². The molecule has 1 heterocycles. The van der Waals surface area contributed by atoms with Crippen LogP contribution >= 0.6 is 0 Å². The molecule has 0 aromatic carbocycles. The van der Waals surface area contributed by atoms with Gasteiger partial charge in [0.1, 0.15) is 5.41 Å². The highest BCUT2D eigenvalue weighted by atomic mass is 16.5. The van der Waals surface area contributed by atoms with Gasteiger partial charge in [-0.3, -0.25) is 4.79 Å². The molecule has 1 saturated carbocycles. The lowest BCUT2D eigenvalue weighted by molar-refractivity contribution is -0.172. The van der Waals surface area contributed by atoms with Crippen molar-refractivity contribution >= 4 is 5.91 Å². The lowest BCUT2D eigenvalue weighted by Crippen LogP contribution is -2.58. The fraction of sp³-hybridized carbons (Fsp3) is 0.875. The van der Waals surface area contributed by atoms with Gasteiger partial charge in [-0.05, 0) is 26.7 Å². The summed E-state index contributed by atoms with van der Waals surface area (Å²) >= 11 is 0. The quantitative estimate of drug-likeness (QED) is 0.789. The molecule has 2 fully saturated rings. The van der Waals surface area contributed by atoms with Crippen LogP contribution in [0.2, 0.25) is 0 Å². The summed E-state index contributed by atoms with van der Waals surface area (Å²) in [5.74, 6) is -0.0678. The number of nitriles is 1. The first kappa shape index (κ1) is 16.3. The van der Waals surface area contributed by atoms with Crippen LogP contribution < -0.4 is 0 Å². The van der Waals surface area contributed by atoms with E-state index in [9.17, 15) is 15.2 Å². The van der Waals surface area contributed by atoms with E-state index in [2.05, 4.69) is 6.07 Å². The van der Waals surface area contributed by atoms with E-state index in [1.165, 1.54) is 0 Å². The minimum atomic E-state index is -0.871. The average Bonchev–Trinajstić information content (AvgIpc) is 2.71. The Balaban J connectivity index is 2.18. The average molecular weight is 294 g/mol. The third-order valence-corrected chi connectivity index (χ3v) is 4.55. The topological polar surface area (TPSA) is 73.6 Å². The predicted octanol–water partition coefficient (Wildman–Crippen LogP) is 1.85. The summed E-state index contributed by atoms with van der Waals surface area (Å²) in [6.45, 7) is 4.59. The van der Waals surface area contributed by atoms with Crippen molar-refractivity contribution in [2.45, 2.75) is 64.1 Å². The van der Waals surface area contributed by atoms with Gasteiger partial charge in [-0.1, -0.05) is 25.7 Å². The van der Waals surface area contributed by atoms with Crippen LogP contribution in [0.3, 0.4) is 0 Å². The highest BCUT2D eigenvalue weighted by Crippen LogP contribution is 2.37. The Bertz CT molecular complexity index is 420. The Kier molecular flexibility index (Phi) is 4.90. The van der Waals surface area contributed by atoms with E-state index >= 15 is 0 Å². The maximum Gasteiger partial charge on any atom is 0.243 e. The zero-order valence-corrected chi connectivity index (χ0v) is 13.1. The molecule has 5 nitrogen and oxygen atoms in total. The molecule has 2 aliphatic rings. The Morgan fingerprint density at radius 1 is 1.33 bits per heavy atom. The van der Waals surface area contributed by atoms with Gasteiger partial charge < -0.3 is 14.7 Å². The van der Waals surface area contributed by atoms with Crippen LogP contribution in [-0.4, -0.2) is 47.3 Å². The second-order valence-electron chi connectivity index (χ2n) is 6.98. The summed E-state index contributed by atoms with van der Waals surface area (Å²) in [5.41, 5.74) is -1.35. The largest absolute Gasteiger partial charge is 0.394 e. The number of ether oxygens (including phenoxy) is 1. The molecule has 0 spiro atoms. The molecule has 21 heavy (non-hydrogen) atoms. The number of rotatable bonds is 2. The van der Waals surface area contributed by atoms with E-state index < -0.39 is 11.0 Å². The Morgan fingerprint density at radius 3 is 2.48 bits per heavy atom. The van der Waals surface area contributed by atoms with Gasteiger partial charge in [0, 0.05) is 13.1 Å². The number of aliphatic hydroxyl groups excluding tert-OH is 1. The van der Waals surface area contributed by atoms with Gasteiger partial charge in [-0.15, -0.1) is 0 Å². The predicted molar refractivity (Wildman–Crippen MR) is 78.4 cm³/mol. The van der Waals surface area contributed by atoms with Crippen molar-refractivity contribution in [3.63, 3.8) is 0 Å². The number of carbonyl (C=O) groups excluding carboxylic acids is 1. The summed E-state index contributed by atoms with van der Waals surface area (Å²) < 4.78 is 5.76. The molecule has 1 atom stereocenters. The third-order valence-electron chi connectivity index (χ3n) is 4.55. The molecule has 0 bridgehead atoms. The smallest absolute Gasteiger partial charge is 0.243 e. The highest BCUT2D eigenvalue weighted by Gasteiger charge is 2.45. The monoisotopic (exact) mass is 294 g/mol. The van der Waals surface area contributed by atoms with E-state index in [4.69, 9.17) is 4.74 Å². The first-order valence-electron chi connectivity index (χ1n) is 7.92. The van der Waals surface area contributed by atoms with E-state index in [1.54, 1.807) is 4.90 Å². The van der Waals surface area contributed by atoms with Crippen LogP contribution in [-0.2, 0) is 9.53 Å². The van der Waals surface area contributed by atoms with Crippen molar-refractivity contribution in [2.24, 2.45) is 5.41 Å². The number of aliphatic hydroxyl groups is 1. The van der Waals surface area contributed by atoms with E-state index in [0.717, 1.165) is 25.7 Å². The Morgan fingerprint density at radius 2 is 1.95 bits per heavy atom. The molecule has 118 valence electrons. The van der Waals surface area contributed by atoms with Crippen molar-refractivity contribution in [1.82, 2.24) is 4.90 Å². The molecule has 5 heteroatoms. The van der Waals surface area contributed by atoms with Crippen LogP contribution in [0.4, 0.5) is 0 Å². The minimum absolute atomic E-state index is 0.0678. The third kappa shape index (κ3) is 3.56. The van der Waals surface area contributed by atoms with Gasteiger partial charge in [0.2, 0.25) is 5.91 Å². The van der Waals surface area contributed by atoms with Crippen LogP contribution in [0.5, 0.6) is 0 Å². The second kappa shape index (κ2) is 6.33. The molecule has 1 aliphatic heterocycles. The van der Waals surface area contributed by atoms with Crippen molar-refractivity contribution in [3.05, 3.63) is 0 Å². The Hall–Kier alpha value is -1.12. The molecular weight excluding hydrogens is 268 g/mol. The van der Waals surface area contributed by atoms with Gasteiger partial charge in [0.15, 0.2) is 0 Å². The molecule has 0 aromatic heterocycles. The van der Waals surface area contributed by atoms with Crippen molar-refractivity contribution in [3.8, 4) is 6.07 Å². The van der Waals surface area contributed by atoms with Crippen molar-refractivity contribution in [2.75, 3.05) is 19.7 Å². The van der Waals surface area contributed by atoms with E-state index in [1.807, 2.05) is 13.8 Å². The maximum atomic E-state index is 13.0. The highest BCUT2D eigenvalue weighted by molar-refractivity contribution is 5.85. The summed E-state index contributed by atoms with van der Waals surface area (Å²) in [5, 5.41) is 19.0. The number of carbonyl (C=O) groups is 1. The number of hydrogen-bond donors (Lipinski definition) is 1. The molecule has 0 aromatic rings. The van der Waals surface area contributed by atoms with E-state index in [0.29, 0.717) is 25.9 Å². The summed E-state index contributed by atoms with van der Waals surface area (Å²) in [7, 11) is 0. The first-order chi connectivity index (χ1) is 9.92. The first-order valence-corrected chi connectivity index (χ1v) is 7.92. The standard InChI is InChI=1S/C16H26N2O3/c1-15(2)12-18(9-13(10-19)21-15)14(20)16(11-17)7-5-3-4-6-8-16/h13,19H,3-10,12H2,1-2H3. The lowest BCUT2D eigenvalue weighted by Gasteiger charge is -2.44. The number of hydrogen-bond acceptors (Lipinski definition) is 4.